The second-order valence-electron chi connectivity index (χ2n) is 5.71. The normalized spacial score (nSPS) is 18.1. The fourth-order valence-electron chi connectivity index (χ4n) is 3.10. The van der Waals surface area contributed by atoms with Gasteiger partial charge in [-0.1, -0.05) is 38.0 Å². The molecule has 0 aromatic heterocycles. The minimum atomic E-state index is -0.995. The third-order valence-electron chi connectivity index (χ3n) is 4.44. The van der Waals surface area contributed by atoms with Crippen molar-refractivity contribution in [3.63, 3.8) is 0 Å². The number of rotatable bonds is 3. The lowest BCUT2D eigenvalue weighted by Crippen LogP contribution is -2.07. The van der Waals surface area contributed by atoms with E-state index in [9.17, 15) is 15.0 Å². The number of benzene rings is 1. The minimum Gasteiger partial charge on any atom is -0.507 e. The number of allylic oxidation sites excluding steroid dienone is 1. The summed E-state index contributed by atoms with van der Waals surface area (Å²) < 4.78 is 0. The average molecular weight is 286 g/mol. The van der Waals surface area contributed by atoms with Crippen LogP contribution in [0, 0.1) is 6.92 Å². The van der Waals surface area contributed by atoms with E-state index in [1.807, 2.05) is 26.0 Å². The Morgan fingerprint density at radius 3 is 2.52 bits per heavy atom. The van der Waals surface area contributed by atoms with Crippen molar-refractivity contribution in [1.29, 1.82) is 0 Å². The molecule has 0 unspecified atom stereocenters. The Bertz CT molecular complexity index is 651. The molecule has 0 fully saturated rings. The van der Waals surface area contributed by atoms with Crippen LogP contribution in [-0.4, -0.2) is 16.2 Å². The van der Waals surface area contributed by atoms with Crippen LogP contribution in [0.5, 0.6) is 0 Å². The van der Waals surface area contributed by atoms with E-state index in [1.165, 1.54) is 11.6 Å². The first kappa shape index (κ1) is 15.4. The summed E-state index contributed by atoms with van der Waals surface area (Å²) in [5, 5.41) is 19.6. The second kappa shape index (κ2) is 5.76. The maximum atomic E-state index is 11.4. The second-order valence-corrected chi connectivity index (χ2v) is 5.71. The summed E-state index contributed by atoms with van der Waals surface area (Å²) in [6.07, 6.45) is 3.43. The Kier molecular flexibility index (Phi) is 4.21. The average Bonchev–Trinajstić information content (AvgIpc) is 2.53. The Labute approximate surface area is 125 Å². The summed E-state index contributed by atoms with van der Waals surface area (Å²) in [7, 11) is 0. The van der Waals surface area contributed by atoms with Gasteiger partial charge in [0.25, 0.3) is 0 Å². The van der Waals surface area contributed by atoms with Gasteiger partial charge in [0.15, 0.2) is 0 Å². The first-order valence-electron chi connectivity index (χ1n) is 7.35. The van der Waals surface area contributed by atoms with Crippen LogP contribution in [0.4, 0.5) is 0 Å². The predicted molar refractivity (Wildman–Crippen MR) is 84.5 cm³/mol. The number of aliphatic carboxylic acids is 1. The van der Waals surface area contributed by atoms with Crippen LogP contribution >= 0.6 is 0 Å². The molecule has 0 radical (unpaired) electrons. The van der Waals surface area contributed by atoms with Gasteiger partial charge in [0, 0.05) is 11.5 Å². The SMILES string of the molecule is CCCc1ccc2c(c1C)[C@@H](C)C(C)=C(C(=O)O)C=C2O. The van der Waals surface area contributed by atoms with E-state index in [1.54, 1.807) is 0 Å². The van der Waals surface area contributed by atoms with Crippen molar-refractivity contribution in [1.82, 2.24) is 0 Å². The van der Waals surface area contributed by atoms with Crippen LogP contribution in [0.15, 0.2) is 29.4 Å². The lowest BCUT2D eigenvalue weighted by Gasteiger charge is -2.21. The lowest BCUT2D eigenvalue weighted by atomic mass is 9.84. The molecule has 0 amide bonds. The van der Waals surface area contributed by atoms with Crippen molar-refractivity contribution in [3.05, 3.63) is 51.6 Å². The molecule has 0 aliphatic heterocycles. The Hall–Kier alpha value is -2.03. The van der Waals surface area contributed by atoms with Gasteiger partial charge in [-0.3, -0.25) is 0 Å². The predicted octanol–water partition coefficient (Wildman–Crippen LogP) is 4.36. The monoisotopic (exact) mass is 286 g/mol. The van der Waals surface area contributed by atoms with E-state index < -0.39 is 5.97 Å². The molecule has 3 nitrogen and oxygen atoms in total. The number of carbonyl (C=O) groups is 1. The van der Waals surface area contributed by atoms with E-state index >= 15 is 0 Å². The van der Waals surface area contributed by atoms with Gasteiger partial charge in [-0.2, -0.15) is 0 Å². The first-order valence-corrected chi connectivity index (χ1v) is 7.35. The molecule has 112 valence electrons. The molecule has 0 saturated carbocycles. The van der Waals surface area contributed by atoms with Crippen LogP contribution < -0.4 is 0 Å². The molecule has 2 rings (SSSR count). The zero-order valence-corrected chi connectivity index (χ0v) is 13.0. The third kappa shape index (κ3) is 2.60. The largest absolute Gasteiger partial charge is 0.507 e. The Morgan fingerprint density at radius 2 is 1.95 bits per heavy atom. The van der Waals surface area contributed by atoms with Crippen molar-refractivity contribution in [2.24, 2.45) is 0 Å². The number of carboxylic acids is 1. The van der Waals surface area contributed by atoms with Gasteiger partial charge < -0.3 is 10.2 Å². The standard InChI is InChI=1S/C18H22O3/c1-5-6-13-7-8-14-16(19)9-15(18(20)21)10(2)11(3)17(14)12(13)4/h7-9,11,19H,5-6H2,1-4H3,(H,20,21)/t11-/m0/s1. The van der Waals surface area contributed by atoms with Crippen LogP contribution in [0.2, 0.25) is 0 Å². The Morgan fingerprint density at radius 1 is 1.29 bits per heavy atom. The molecule has 1 aromatic carbocycles. The summed E-state index contributed by atoms with van der Waals surface area (Å²) in [6.45, 7) is 8.04. The third-order valence-corrected chi connectivity index (χ3v) is 4.44. The van der Waals surface area contributed by atoms with Gasteiger partial charge in [-0.25, -0.2) is 4.79 Å². The molecule has 2 N–H and O–H groups in total. The highest BCUT2D eigenvalue weighted by atomic mass is 16.4. The zero-order valence-electron chi connectivity index (χ0n) is 13.0. The van der Waals surface area contributed by atoms with Crippen molar-refractivity contribution < 1.29 is 15.0 Å². The van der Waals surface area contributed by atoms with Gasteiger partial charge in [-0.15, -0.1) is 0 Å². The van der Waals surface area contributed by atoms with Crippen LogP contribution in [-0.2, 0) is 11.2 Å². The molecule has 1 atom stereocenters. The van der Waals surface area contributed by atoms with E-state index in [2.05, 4.69) is 13.8 Å². The molecular weight excluding hydrogens is 264 g/mol. The van der Waals surface area contributed by atoms with Crippen molar-refractivity contribution >= 4 is 11.7 Å². The summed E-state index contributed by atoms with van der Waals surface area (Å²) in [4.78, 5) is 11.4. The van der Waals surface area contributed by atoms with E-state index in [4.69, 9.17) is 0 Å². The number of aliphatic hydroxyl groups is 1. The highest BCUT2D eigenvalue weighted by Crippen LogP contribution is 2.38. The summed E-state index contributed by atoms with van der Waals surface area (Å²) >= 11 is 0. The van der Waals surface area contributed by atoms with Crippen LogP contribution in [0.25, 0.3) is 5.76 Å². The quantitative estimate of drug-likeness (QED) is 0.867. The van der Waals surface area contributed by atoms with E-state index in [0.717, 1.165) is 35.1 Å². The highest BCUT2D eigenvalue weighted by molar-refractivity contribution is 5.94. The zero-order chi connectivity index (χ0) is 15.7. The van der Waals surface area contributed by atoms with Crippen molar-refractivity contribution in [2.75, 3.05) is 0 Å². The Balaban J connectivity index is 2.72. The number of aryl methyl sites for hydroxylation is 1. The minimum absolute atomic E-state index is 0.0243. The highest BCUT2D eigenvalue weighted by Gasteiger charge is 2.26. The van der Waals surface area contributed by atoms with E-state index in [-0.39, 0.29) is 17.3 Å². The molecule has 0 bridgehead atoms. The van der Waals surface area contributed by atoms with Gasteiger partial charge in [0.1, 0.15) is 5.76 Å². The fourth-order valence-corrected chi connectivity index (χ4v) is 3.10. The van der Waals surface area contributed by atoms with Gasteiger partial charge in [0.05, 0.1) is 5.57 Å². The summed E-state index contributed by atoms with van der Waals surface area (Å²) in [6, 6.07) is 3.95. The topological polar surface area (TPSA) is 57.5 Å². The van der Waals surface area contributed by atoms with Crippen LogP contribution in [0.1, 0.15) is 55.4 Å². The maximum absolute atomic E-state index is 11.4. The van der Waals surface area contributed by atoms with Crippen molar-refractivity contribution in [2.45, 2.75) is 46.5 Å². The number of hydrogen-bond donors (Lipinski definition) is 2. The number of aliphatic hydroxyl groups excluding tert-OH is 1. The van der Waals surface area contributed by atoms with Crippen LogP contribution in [0.3, 0.4) is 0 Å². The molecule has 1 aliphatic rings. The number of fused-ring (bicyclic) bond motifs is 1. The maximum Gasteiger partial charge on any atom is 0.335 e. The molecule has 21 heavy (non-hydrogen) atoms. The summed E-state index contributed by atoms with van der Waals surface area (Å²) in [5.74, 6) is -0.980. The fraction of sp³-hybridized carbons (Fsp3) is 0.389. The van der Waals surface area contributed by atoms with Gasteiger partial charge in [0.2, 0.25) is 0 Å². The van der Waals surface area contributed by atoms with Gasteiger partial charge in [-0.05, 0) is 43.0 Å². The lowest BCUT2D eigenvalue weighted by molar-refractivity contribution is -0.132. The van der Waals surface area contributed by atoms with Gasteiger partial charge >= 0.3 is 5.97 Å². The number of carboxylic acid groups (broad SMARTS) is 1. The molecular formula is C18H22O3. The van der Waals surface area contributed by atoms with E-state index in [0.29, 0.717) is 0 Å². The summed E-state index contributed by atoms with van der Waals surface area (Å²) in [5.41, 5.74) is 5.19. The first-order chi connectivity index (χ1) is 9.88. The molecule has 1 aromatic rings. The molecule has 0 spiro atoms. The molecule has 1 aliphatic carbocycles. The van der Waals surface area contributed by atoms with Crippen molar-refractivity contribution in [3.8, 4) is 0 Å². The molecule has 0 heterocycles. The molecule has 3 heteroatoms. The smallest absolute Gasteiger partial charge is 0.335 e. The molecule has 0 saturated heterocycles. The number of hydrogen-bond acceptors (Lipinski definition) is 2.